The van der Waals surface area contributed by atoms with E-state index >= 15 is 0 Å². The molecule has 2 N–H and O–H groups in total. The molecule has 1 aromatic heterocycles. The van der Waals surface area contributed by atoms with Crippen LogP contribution in [0.3, 0.4) is 0 Å². The third-order valence-corrected chi connectivity index (χ3v) is 7.82. The molecule has 1 fully saturated rings. The number of nitrogens with one attached hydrogen (secondary N) is 1. The quantitative estimate of drug-likeness (QED) is 0.323. The molecule has 1 aliphatic heterocycles. The van der Waals surface area contributed by atoms with Crippen LogP contribution in [0.15, 0.2) is 85.6 Å². The average Bonchev–Trinajstić information content (AvgIpc) is 3.02. The fraction of sp³-hybridized carbons (Fsp3) is 0.312. The molecule has 2 amide bonds. The number of aromatic hydroxyl groups is 1. The fourth-order valence-corrected chi connectivity index (χ4v) is 5.85. The smallest absolute Gasteiger partial charge is 0.321 e. The van der Waals surface area contributed by atoms with Gasteiger partial charge in [-0.1, -0.05) is 67.3 Å². The van der Waals surface area contributed by atoms with Gasteiger partial charge < -0.3 is 24.8 Å². The van der Waals surface area contributed by atoms with Crippen LogP contribution >= 0.6 is 0 Å². The van der Waals surface area contributed by atoms with E-state index in [9.17, 15) is 19.5 Å². The van der Waals surface area contributed by atoms with E-state index in [0.717, 1.165) is 16.7 Å². The second-order valence-electron chi connectivity index (χ2n) is 10.2. The molecule has 3 atom stereocenters. The highest BCUT2D eigenvalue weighted by Gasteiger charge is 2.50. The zero-order chi connectivity index (χ0) is 28.8. The number of amides is 2. The summed E-state index contributed by atoms with van der Waals surface area (Å²) in [7, 11) is 0. The molecule has 2 aromatic carbocycles. The maximum atomic E-state index is 14.0. The van der Waals surface area contributed by atoms with Gasteiger partial charge in [-0.2, -0.15) is 0 Å². The van der Waals surface area contributed by atoms with Crippen LogP contribution in [0.1, 0.15) is 45.8 Å². The van der Waals surface area contributed by atoms with Gasteiger partial charge in [-0.3, -0.25) is 14.4 Å². The summed E-state index contributed by atoms with van der Waals surface area (Å²) >= 11 is 0. The molecular formula is C32H33N3O6. The van der Waals surface area contributed by atoms with E-state index in [1.54, 1.807) is 17.0 Å². The van der Waals surface area contributed by atoms with Crippen molar-refractivity contribution in [2.45, 2.75) is 30.3 Å². The van der Waals surface area contributed by atoms with Crippen molar-refractivity contribution in [2.24, 2.45) is 0 Å². The summed E-state index contributed by atoms with van der Waals surface area (Å²) in [6.45, 7) is 5.02. The summed E-state index contributed by atoms with van der Waals surface area (Å²) in [5.41, 5.74) is 1.45. The number of aromatic nitrogens is 1. The van der Waals surface area contributed by atoms with Crippen LogP contribution in [0.2, 0.25) is 0 Å². The standard InChI is InChI=1S/C32H33N3O6/c1-2-18-41-31(39)32(22-9-4-3-5-10-22)15-14-25(24-11-6-7-13-27(24)32)30(38)35-17-19-40-23(21-35)20-34-29(37)26-12-8-16-33-28(26)36/h2-13,16,23,25H,1,14-15,17-21H2,(H,33,36)(H,34,37)/t23?,25-,32+/m1/s1. The Kier molecular flexibility index (Phi) is 8.45. The van der Waals surface area contributed by atoms with Crippen molar-refractivity contribution < 1.29 is 29.0 Å². The molecule has 2 aliphatic rings. The molecule has 1 unspecified atom stereocenters. The maximum absolute atomic E-state index is 14.0. The Bertz CT molecular complexity index is 1430. The highest BCUT2D eigenvalue weighted by atomic mass is 16.5. The first kappa shape index (κ1) is 28.0. The molecule has 0 radical (unpaired) electrons. The molecule has 9 heteroatoms. The van der Waals surface area contributed by atoms with Crippen LogP contribution in [-0.2, 0) is 24.5 Å². The molecule has 3 aromatic rings. The summed E-state index contributed by atoms with van der Waals surface area (Å²) in [5.74, 6) is -1.64. The second-order valence-corrected chi connectivity index (χ2v) is 10.2. The number of rotatable bonds is 8. The molecular weight excluding hydrogens is 522 g/mol. The van der Waals surface area contributed by atoms with E-state index in [-0.39, 0.29) is 36.5 Å². The number of hydrogen-bond donors (Lipinski definition) is 2. The predicted molar refractivity (Wildman–Crippen MR) is 151 cm³/mol. The van der Waals surface area contributed by atoms with Crippen molar-refractivity contribution in [2.75, 3.05) is 32.8 Å². The first-order valence-corrected chi connectivity index (χ1v) is 13.7. The molecule has 212 valence electrons. The van der Waals surface area contributed by atoms with Crippen molar-refractivity contribution in [3.05, 3.63) is 108 Å². The van der Waals surface area contributed by atoms with Gasteiger partial charge in [-0.05, 0) is 41.7 Å². The normalized spacial score (nSPS) is 21.8. The first-order valence-electron chi connectivity index (χ1n) is 13.7. The number of nitrogens with zero attached hydrogens (tertiary/aromatic N) is 2. The third-order valence-electron chi connectivity index (χ3n) is 7.82. The van der Waals surface area contributed by atoms with E-state index in [2.05, 4.69) is 16.9 Å². The molecule has 1 saturated heterocycles. The maximum Gasteiger partial charge on any atom is 0.321 e. The zero-order valence-corrected chi connectivity index (χ0v) is 22.7. The zero-order valence-electron chi connectivity index (χ0n) is 22.7. The molecule has 41 heavy (non-hydrogen) atoms. The monoisotopic (exact) mass is 555 g/mol. The molecule has 1 aliphatic carbocycles. The topological polar surface area (TPSA) is 118 Å². The van der Waals surface area contributed by atoms with Crippen LogP contribution < -0.4 is 5.32 Å². The van der Waals surface area contributed by atoms with Gasteiger partial charge in [0.05, 0.1) is 18.6 Å². The Morgan fingerprint density at radius 3 is 2.68 bits per heavy atom. The van der Waals surface area contributed by atoms with Gasteiger partial charge in [-0.25, -0.2) is 4.98 Å². The van der Waals surface area contributed by atoms with E-state index in [1.807, 2.05) is 54.6 Å². The first-order chi connectivity index (χ1) is 20.0. The highest BCUT2D eigenvalue weighted by molar-refractivity contribution is 5.96. The second kappa shape index (κ2) is 12.3. The SMILES string of the molecule is C=CCOC(=O)[C@]1(c2ccccc2)CC[C@@H](C(=O)N2CCOC(CNC(=O)c3cccnc3O)C2)c2ccccc21. The number of benzene rings is 2. The minimum Gasteiger partial charge on any atom is -0.493 e. The minimum absolute atomic E-state index is 0.0388. The number of carbonyl (C=O) groups excluding carboxylic acids is 3. The number of esters is 1. The van der Waals surface area contributed by atoms with Crippen molar-refractivity contribution in [3.8, 4) is 5.88 Å². The number of morpholine rings is 1. The average molecular weight is 556 g/mol. The van der Waals surface area contributed by atoms with E-state index in [0.29, 0.717) is 32.5 Å². The lowest BCUT2D eigenvalue weighted by atomic mass is 9.63. The Morgan fingerprint density at radius 2 is 1.90 bits per heavy atom. The predicted octanol–water partition coefficient (Wildman–Crippen LogP) is 3.34. The Balaban J connectivity index is 1.35. The van der Waals surface area contributed by atoms with Gasteiger partial charge in [0.2, 0.25) is 11.8 Å². The lowest BCUT2D eigenvalue weighted by Crippen LogP contribution is -2.52. The number of carbonyl (C=O) groups is 3. The van der Waals surface area contributed by atoms with Gasteiger partial charge in [-0.15, -0.1) is 0 Å². The van der Waals surface area contributed by atoms with E-state index < -0.39 is 23.3 Å². The fourth-order valence-electron chi connectivity index (χ4n) is 5.85. The van der Waals surface area contributed by atoms with Gasteiger partial charge in [0.15, 0.2) is 0 Å². The van der Waals surface area contributed by atoms with Crippen molar-refractivity contribution >= 4 is 17.8 Å². The largest absolute Gasteiger partial charge is 0.493 e. The molecule has 5 rings (SSSR count). The highest BCUT2D eigenvalue weighted by Crippen LogP contribution is 2.48. The summed E-state index contributed by atoms with van der Waals surface area (Å²) < 4.78 is 11.5. The number of fused-ring (bicyclic) bond motifs is 1. The Morgan fingerprint density at radius 1 is 1.12 bits per heavy atom. The molecule has 0 saturated carbocycles. The number of ether oxygens (including phenoxy) is 2. The molecule has 0 spiro atoms. The van der Waals surface area contributed by atoms with Gasteiger partial charge in [0.25, 0.3) is 5.91 Å². The molecule has 2 heterocycles. The van der Waals surface area contributed by atoms with Crippen LogP contribution in [0.4, 0.5) is 0 Å². The third kappa shape index (κ3) is 5.58. The summed E-state index contributed by atoms with van der Waals surface area (Å²) in [5, 5.41) is 12.6. The summed E-state index contributed by atoms with van der Waals surface area (Å²) in [6.07, 6.45) is 3.42. The van der Waals surface area contributed by atoms with Crippen LogP contribution in [0.5, 0.6) is 5.88 Å². The van der Waals surface area contributed by atoms with Gasteiger partial charge >= 0.3 is 5.97 Å². The van der Waals surface area contributed by atoms with Crippen LogP contribution in [0, 0.1) is 0 Å². The lowest BCUT2D eigenvalue weighted by Gasteiger charge is -2.42. The van der Waals surface area contributed by atoms with Crippen molar-refractivity contribution in [1.82, 2.24) is 15.2 Å². The summed E-state index contributed by atoms with van der Waals surface area (Å²) in [4.78, 5) is 45.7. The summed E-state index contributed by atoms with van der Waals surface area (Å²) in [6, 6.07) is 20.2. The Hall–Kier alpha value is -4.50. The van der Waals surface area contributed by atoms with E-state index in [1.165, 1.54) is 12.3 Å². The van der Waals surface area contributed by atoms with Crippen LogP contribution in [0.25, 0.3) is 0 Å². The molecule has 0 bridgehead atoms. The van der Waals surface area contributed by atoms with Gasteiger partial charge in [0, 0.05) is 25.8 Å². The van der Waals surface area contributed by atoms with E-state index in [4.69, 9.17) is 9.47 Å². The number of pyridine rings is 1. The van der Waals surface area contributed by atoms with Crippen molar-refractivity contribution in [3.63, 3.8) is 0 Å². The van der Waals surface area contributed by atoms with Crippen LogP contribution in [-0.4, -0.2) is 71.7 Å². The minimum atomic E-state index is -1.03. The van der Waals surface area contributed by atoms with Crippen molar-refractivity contribution in [1.29, 1.82) is 0 Å². The van der Waals surface area contributed by atoms with Gasteiger partial charge in [0.1, 0.15) is 17.6 Å². The Labute approximate surface area is 238 Å². The number of hydrogen-bond acceptors (Lipinski definition) is 7. The lowest BCUT2D eigenvalue weighted by molar-refractivity contribution is -0.149. The molecule has 9 nitrogen and oxygen atoms in total.